The summed E-state index contributed by atoms with van der Waals surface area (Å²) >= 11 is 0. The number of aromatic nitrogens is 1. The summed E-state index contributed by atoms with van der Waals surface area (Å²) in [5.41, 5.74) is 10.6. The van der Waals surface area contributed by atoms with E-state index in [1.165, 1.54) is 38.9 Å². The van der Waals surface area contributed by atoms with Gasteiger partial charge in [-0.15, -0.1) is 0 Å². The van der Waals surface area contributed by atoms with E-state index in [1.54, 1.807) is 12.4 Å². The number of benzene rings is 2. The highest BCUT2D eigenvalue weighted by Crippen LogP contribution is 2.47. The molecule has 1 aliphatic carbocycles. The van der Waals surface area contributed by atoms with Crippen molar-refractivity contribution in [3.8, 4) is 16.9 Å². The number of rotatable bonds is 5. The third kappa shape index (κ3) is 3.80. The van der Waals surface area contributed by atoms with Crippen molar-refractivity contribution >= 4 is 5.97 Å². The lowest BCUT2D eigenvalue weighted by Crippen LogP contribution is -2.26. The summed E-state index contributed by atoms with van der Waals surface area (Å²) in [4.78, 5) is 15.8. The van der Waals surface area contributed by atoms with Crippen molar-refractivity contribution in [2.24, 2.45) is 0 Å². The topological polar surface area (TPSA) is 68.7 Å². The van der Waals surface area contributed by atoms with E-state index >= 15 is 0 Å². The number of nitrogens with zero attached hydrogens (tertiary/aromatic N) is 1. The predicted octanol–water partition coefficient (Wildman–Crippen LogP) is 5.96. The summed E-state index contributed by atoms with van der Waals surface area (Å²) in [6.07, 6.45) is 4.41. The molecular formula is C28H29NO4. The van der Waals surface area contributed by atoms with Crippen molar-refractivity contribution in [2.45, 2.75) is 65.3 Å². The number of aryl methyl sites for hydroxylation is 4. The van der Waals surface area contributed by atoms with Gasteiger partial charge in [-0.25, -0.2) is 0 Å². The van der Waals surface area contributed by atoms with Crippen LogP contribution in [0.4, 0.5) is 0 Å². The molecule has 3 aromatic rings. The second-order valence-corrected chi connectivity index (χ2v) is 9.38. The molecule has 2 aromatic carbocycles. The van der Waals surface area contributed by atoms with Crippen LogP contribution in [0.3, 0.4) is 0 Å². The van der Waals surface area contributed by atoms with E-state index in [-0.39, 0.29) is 18.4 Å². The molecule has 2 aliphatic rings. The van der Waals surface area contributed by atoms with Crippen LogP contribution in [0, 0.1) is 27.7 Å². The van der Waals surface area contributed by atoms with Gasteiger partial charge in [-0.1, -0.05) is 35.9 Å². The average Bonchev–Trinajstić information content (AvgIpc) is 3.31. The minimum atomic E-state index is -0.869. The molecule has 3 atom stereocenters. The number of carboxylic acids is 1. The molecule has 2 unspecified atom stereocenters. The van der Waals surface area contributed by atoms with Crippen molar-refractivity contribution in [3.05, 3.63) is 81.7 Å². The number of fused-ring (bicyclic) bond motifs is 2. The summed E-state index contributed by atoms with van der Waals surface area (Å²) in [6.45, 7) is 8.41. The van der Waals surface area contributed by atoms with Crippen molar-refractivity contribution in [2.75, 3.05) is 0 Å². The van der Waals surface area contributed by atoms with Gasteiger partial charge >= 0.3 is 5.97 Å². The van der Waals surface area contributed by atoms with Crippen LogP contribution < -0.4 is 4.74 Å². The van der Waals surface area contributed by atoms with E-state index in [0.717, 1.165) is 24.0 Å². The molecule has 1 N–H and O–H groups in total. The SMILES string of the molecule is Cc1cc(C)c(-c2cccc3c2CCC3OC2Oc3c(C)cncc3[C@@H]2CC(=O)O)c(C)c1. The van der Waals surface area contributed by atoms with Crippen LogP contribution in [0.1, 0.15) is 63.8 Å². The molecule has 0 saturated heterocycles. The molecule has 1 aromatic heterocycles. The standard InChI is InChI=1S/C28H29NO4/c1-15-10-16(2)26(17(3)11-15)21-7-5-6-20-19(21)8-9-24(20)32-28-22(12-25(30)31)23-14-29-13-18(4)27(23)33-28/h5-7,10-11,13-14,22,24,28H,8-9,12H2,1-4H3,(H,30,31)/t22-,24?,28?/m0/s1. The van der Waals surface area contributed by atoms with Crippen molar-refractivity contribution in [3.63, 3.8) is 0 Å². The van der Waals surface area contributed by atoms with Gasteiger partial charge in [0.15, 0.2) is 0 Å². The fraction of sp³-hybridized carbons (Fsp3) is 0.357. The molecular weight excluding hydrogens is 414 g/mol. The number of pyridine rings is 1. The monoisotopic (exact) mass is 443 g/mol. The highest BCUT2D eigenvalue weighted by Gasteiger charge is 2.40. The Hall–Kier alpha value is -3.18. The van der Waals surface area contributed by atoms with Gasteiger partial charge in [0, 0.05) is 23.5 Å². The fourth-order valence-corrected chi connectivity index (χ4v) is 5.62. The van der Waals surface area contributed by atoms with Crippen LogP contribution in [-0.4, -0.2) is 22.3 Å². The lowest BCUT2D eigenvalue weighted by atomic mass is 9.89. The van der Waals surface area contributed by atoms with E-state index in [1.807, 2.05) is 6.92 Å². The Balaban J connectivity index is 1.47. The van der Waals surface area contributed by atoms with Crippen molar-refractivity contribution < 1.29 is 19.4 Å². The second kappa shape index (κ2) is 8.31. The second-order valence-electron chi connectivity index (χ2n) is 9.38. The molecule has 0 amide bonds. The van der Waals surface area contributed by atoms with Gasteiger partial charge in [-0.3, -0.25) is 9.78 Å². The van der Waals surface area contributed by atoms with Crippen LogP contribution in [-0.2, 0) is 16.0 Å². The van der Waals surface area contributed by atoms with Crippen LogP contribution >= 0.6 is 0 Å². The number of aliphatic carboxylic acids is 1. The molecule has 5 rings (SSSR count). The molecule has 33 heavy (non-hydrogen) atoms. The van der Waals surface area contributed by atoms with E-state index in [0.29, 0.717) is 5.75 Å². The normalized spacial score (nSPS) is 20.9. The summed E-state index contributed by atoms with van der Waals surface area (Å²) < 4.78 is 12.7. The van der Waals surface area contributed by atoms with Crippen LogP contribution in [0.25, 0.3) is 11.1 Å². The maximum atomic E-state index is 11.6. The number of hydrogen-bond donors (Lipinski definition) is 1. The third-order valence-electron chi connectivity index (χ3n) is 6.92. The molecule has 2 heterocycles. The van der Waals surface area contributed by atoms with Crippen molar-refractivity contribution in [1.82, 2.24) is 4.98 Å². The van der Waals surface area contributed by atoms with Crippen LogP contribution in [0.5, 0.6) is 5.75 Å². The first-order valence-electron chi connectivity index (χ1n) is 11.5. The van der Waals surface area contributed by atoms with E-state index in [9.17, 15) is 9.90 Å². The Morgan fingerprint density at radius 3 is 2.58 bits per heavy atom. The minimum Gasteiger partial charge on any atom is -0.481 e. The first-order valence-corrected chi connectivity index (χ1v) is 11.5. The molecule has 0 saturated carbocycles. The predicted molar refractivity (Wildman–Crippen MR) is 127 cm³/mol. The molecule has 5 nitrogen and oxygen atoms in total. The first-order chi connectivity index (χ1) is 15.8. The molecule has 5 heteroatoms. The van der Waals surface area contributed by atoms with Crippen LogP contribution in [0.15, 0.2) is 42.7 Å². The zero-order valence-electron chi connectivity index (χ0n) is 19.5. The Labute approximate surface area is 194 Å². The lowest BCUT2D eigenvalue weighted by Gasteiger charge is -2.23. The minimum absolute atomic E-state index is 0.0514. The number of ether oxygens (including phenoxy) is 2. The van der Waals surface area contributed by atoms with Gasteiger partial charge in [-0.2, -0.15) is 0 Å². The average molecular weight is 444 g/mol. The zero-order chi connectivity index (χ0) is 23.3. The summed E-state index contributed by atoms with van der Waals surface area (Å²) in [5, 5.41) is 9.51. The Bertz CT molecular complexity index is 1230. The molecule has 0 fully saturated rings. The Morgan fingerprint density at radius 1 is 1.09 bits per heavy atom. The maximum absolute atomic E-state index is 11.6. The largest absolute Gasteiger partial charge is 0.481 e. The fourth-order valence-electron chi connectivity index (χ4n) is 5.62. The van der Waals surface area contributed by atoms with Gasteiger partial charge in [0.25, 0.3) is 0 Å². The van der Waals surface area contributed by atoms with Gasteiger partial charge < -0.3 is 14.6 Å². The summed E-state index contributed by atoms with van der Waals surface area (Å²) in [6, 6.07) is 10.9. The summed E-state index contributed by atoms with van der Waals surface area (Å²) in [5.74, 6) is -0.538. The van der Waals surface area contributed by atoms with Gasteiger partial charge in [0.2, 0.25) is 6.29 Å². The molecule has 0 spiro atoms. The summed E-state index contributed by atoms with van der Waals surface area (Å²) in [7, 11) is 0. The number of carbonyl (C=O) groups is 1. The quantitative estimate of drug-likeness (QED) is 0.527. The van der Waals surface area contributed by atoms with Gasteiger partial charge in [0.1, 0.15) is 5.75 Å². The van der Waals surface area contributed by atoms with E-state index in [4.69, 9.17) is 9.47 Å². The van der Waals surface area contributed by atoms with Gasteiger partial charge in [0.05, 0.1) is 18.4 Å². The Kier molecular flexibility index (Phi) is 5.45. The molecule has 170 valence electrons. The highest BCUT2D eigenvalue weighted by molar-refractivity contribution is 5.76. The lowest BCUT2D eigenvalue weighted by molar-refractivity contribution is -0.145. The number of hydrogen-bond acceptors (Lipinski definition) is 4. The van der Waals surface area contributed by atoms with Crippen LogP contribution in [0.2, 0.25) is 0 Å². The van der Waals surface area contributed by atoms with E-state index < -0.39 is 12.3 Å². The maximum Gasteiger partial charge on any atom is 0.304 e. The number of carboxylic acid groups (broad SMARTS) is 1. The Morgan fingerprint density at radius 2 is 1.85 bits per heavy atom. The smallest absolute Gasteiger partial charge is 0.304 e. The molecule has 0 radical (unpaired) electrons. The molecule has 1 aliphatic heterocycles. The highest BCUT2D eigenvalue weighted by atomic mass is 16.7. The van der Waals surface area contributed by atoms with Gasteiger partial charge in [-0.05, 0) is 73.9 Å². The zero-order valence-corrected chi connectivity index (χ0v) is 19.5. The van der Waals surface area contributed by atoms with Crippen molar-refractivity contribution in [1.29, 1.82) is 0 Å². The first kappa shape index (κ1) is 21.7. The molecule has 0 bridgehead atoms. The van der Waals surface area contributed by atoms with E-state index in [2.05, 4.69) is 56.1 Å². The third-order valence-corrected chi connectivity index (χ3v) is 6.92.